The molecule has 1 N–H and O–H groups in total. The number of para-hydroxylation sites is 1. The molecule has 3 aliphatic rings. The molecule has 3 unspecified atom stereocenters. The Bertz CT molecular complexity index is 543. The van der Waals surface area contributed by atoms with E-state index in [2.05, 4.69) is 23.1 Å². The SMILES string of the molecule is O=C1C2CCCN(CCO)C2C2Cc3ccccc3N12. The van der Waals surface area contributed by atoms with Gasteiger partial charge >= 0.3 is 0 Å². The van der Waals surface area contributed by atoms with E-state index in [1.165, 1.54) is 5.56 Å². The number of carbonyl (C=O) groups is 1. The number of nitrogens with zero attached hydrogens (tertiary/aromatic N) is 2. The lowest BCUT2D eigenvalue weighted by atomic mass is 9.86. The predicted molar refractivity (Wildman–Crippen MR) is 76.6 cm³/mol. The van der Waals surface area contributed by atoms with Crippen molar-refractivity contribution in [1.82, 2.24) is 4.90 Å². The van der Waals surface area contributed by atoms with Crippen LogP contribution in [0.3, 0.4) is 0 Å². The summed E-state index contributed by atoms with van der Waals surface area (Å²) in [5, 5.41) is 9.28. The van der Waals surface area contributed by atoms with Gasteiger partial charge in [-0.2, -0.15) is 0 Å². The van der Waals surface area contributed by atoms with Crippen LogP contribution in [0.1, 0.15) is 18.4 Å². The number of rotatable bonds is 2. The van der Waals surface area contributed by atoms with Gasteiger partial charge in [-0.05, 0) is 37.4 Å². The molecule has 2 fully saturated rings. The maximum Gasteiger partial charge on any atom is 0.232 e. The summed E-state index contributed by atoms with van der Waals surface area (Å²) in [6.07, 6.45) is 3.03. The minimum atomic E-state index is 0.133. The first-order valence-electron chi connectivity index (χ1n) is 7.57. The smallest absolute Gasteiger partial charge is 0.232 e. The fourth-order valence-corrected chi connectivity index (χ4v) is 4.41. The van der Waals surface area contributed by atoms with E-state index in [9.17, 15) is 9.90 Å². The zero-order valence-corrected chi connectivity index (χ0v) is 11.5. The molecule has 3 heterocycles. The number of benzene rings is 1. The Hall–Kier alpha value is -1.39. The van der Waals surface area contributed by atoms with E-state index >= 15 is 0 Å². The first kappa shape index (κ1) is 12.4. The van der Waals surface area contributed by atoms with Crippen LogP contribution in [-0.4, -0.2) is 47.7 Å². The summed E-state index contributed by atoms with van der Waals surface area (Å²) < 4.78 is 0. The highest BCUT2D eigenvalue weighted by Crippen LogP contribution is 2.45. The zero-order chi connectivity index (χ0) is 13.7. The largest absolute Gasteiger partial charge is 0.395 e. The first-order valence-corrected chi connectivity index (χ1v) is 7.57. The number of carbonyl (C=O) groups excluding carboxylic acids is 1. The van der Waals surface area contributed by atoms with E-state index in [0.29, 0.717) is 12.5 Å². The first-order chi connectivity index (χ1) is 9.81. The maximum atomic E-state index is 12.8. The molecule has 2 saturated heterocycles. The topological polar surface area (TPSA) is 43.8 Å². The van der Waals surface area contributed by atoms with Crippen LogP contribution in [-0.2, 0) is 11.2 Å². The predicted octanol–water partition coefficient (Wildman–Crippen LogP) is 1.03. The summed E-state index contributed by atoms with van der Waals surface area (Å²) in [4.78, 5) is 17.1. The van der Waals surface area contributed by atoms with Gasteiger partial charge in [-0.3, -0.25) is 9.69 Å². The van der Waals surface area contributed by atoms with Crippen molar-refractivity contribution in [2.75, 3.05) is 24.6 Å². The van der Waals surface area contributed by atoms with Gasteiger partial charge in [-0.1, -0.05) is 18.2 Å². The van der Waals surface area contributed by atoms with Crippen molar-refractivity contribution in [2.45, 2.75) is 31.3 Å². The summed E-state index contributed by atoms with van der Waals surface area (Å²) in [5.41, 5.74) is 2.40. The number of β-amino-alcohol motifs (C(OH)–C–C–N with tert-alkyl or cyclic N) is 1. The normalized spacial score (nSPS) is 32.1. The Kier molecular flexibility index (Phi) is 2.82. The van der Waals surface area contributed by atoms with Gasteiger partial charge < -0.3 is 10.0 Å². The van der Waals surface area contributed by atoms with E-state index in [4.69, 9.17) is 0 Å². The van der Waals surface area contributed by atoms with Crippen LogP contribution in [0.5, 0.6) is 0 Å². The van der Waals surface area contributed by atoms with Crippen molar-refractivity contribution in [3.8, 4) is 0 Å². The number of hydrogen-bond donors (Lipinski definition) is 1. The number of likely N-dealkylation sites (tertiary alicyclic amines) is 1. The van der Waals surface area contributed by atoms with Crippen LogP contribution in [0.15, 0.2) is 24.3 Å². The lowest BCUT2D eigenvalue weighted by Gasteiger charge is -2.38. The van der Waals surface area contributed by atoms with Crippen molar-refractivity contribution in [3.05, 3.63) is 29.8 Å². The van der Waals surface area contributed by atoms with Gasteiger partial charge in [0, 0.05) is 18.3 Å². The molecule has 0 spiro atoms. The number of amides is 1. The van der Waals surface area contributed by atoms with Gasteiger partial charge in [0.25, 0.3) is 0 Å². The Morgan fingerprint density at radius 2 is 2.15 bits per heavy atom. The molecule has 0 aliphatic carbocycles. The molecule has 1 aromatic rings. The monoisotopic (exact) mass is 272 g/mol. The van der Waals surface area contributed by atoms with Gasteiger partial charge in [-0.15, -0.1) is 0 Å². The maximum absolute atomic E-state index is 12.8. The van der Waals surface area contributed by atoms with E-state index in [-0.39, 0.29) is 24.6 Å². The second-order valence-electron chi connectivity index (χ2n) is 6.11. The Morgan fingerprint density at radius 3 is 3.00 bits per heavy atom. The Morgan fingerprint density at radius 1 is 1.30 bits per heavy atom. The molecule has 4 rings (SSSR count). The number of aliphatic hydroxyl groups is 1. The molecule has 106 valence electrons. The quantitative estimate of drug-likeness (QED) is 0.874. The molecule has 0 aromatic heterocycles. The standard InChI is InChI=1S/C16H20N2O2/c19-9-8-17-7-3-5-12-15(17)14-10-11-4-1-2-6-13(11)18(14)16(12)20/h1-2,4,6,12,14-15,19H,3,5,7-10H2. The molecule has 1 amide bonds. The third kappa shape index (κ3) is 1.58. The fraction of sp³-hybridized carbons (Fsp3) is 0.562. The molecule has 0 bridgehead atoms. The van der Waals surface area contributed by atoms with Crippen LogP contribution in [0.2, 0.25) is 0 Å². The molecule has 3 aliphatic heterocycles. The average Bonchev–Trinajstić information content (AvgIpc) is 2.97. The number of fused-ring (bicyclic) bond motifs is 5. The van der Waals surface area contributed by atoms with E-state index < -0.39 is 0 Å². The van der Waals surface area contributed by atoms with E-state index in [1.807, 2.05) is 11.0 Å². The molecule has 1 aromatic carbocycles. The third-order valence-corrected chi connectivity index (χ3v) is 5.14. The van der Waals surface area contributed by atoms with E-state index in [1.54, 1.807) is 0 Å². The van der Waals surface area contributed by atoms with Crippen LogP contribution in [0.4, 0.5) is 5.69 Å². The van der Waals surface area contributed by atoms with Crippen molar-refractivity contribution in [1.29, 1.82) is 0 Å². The molecular weight excluding hydrogens is 252 g/mol. The fourth-order valence-electron chi connectivity index (χ4n) is 4.41. The average molecular weight is 272 g/mol. The van der Waals surface area contributed by atoms with Gasteiger partial charge in [0.1, 0.15) is 0 Å². The zero-order valence-electron chi connectivity index (χ0n) is 11.5. The minimum absolute atomic E-state index is 0.133. The van der Waals surface area contributed by atoms with Gasteiger partial charge in [0.2, 0.25) is 5.91 Å². The highest BCUT2D eigenvalue weighted by atomic mass is 16.3. The lowest BCUT2D eigenvalue weighted by molar-refractivity contribution is -0.122. The highest BCUT2D eigenvalue weighted by Gasteiger charge is 2.54. The molecule has 20 heavy (non-hydrogen) atoms. The van der Waals surface area contributed by atoms with Crippen molar-refractivity contribution < 1.29 is 9.90 Å². The Labute approximate surface area is 119 Å². The van der Waals surface area contributed by atoms with Crippen LogP contribution >= 0.6 is 0 Å². The highest BCUT2D eigenvalue weighted by molar-refractivity contribution is 6.01. The Balaban J connectivity index is 1.72. The van der Waals surface area contributed by atoms with Crippen molar-refractivity contribution in [3.63, 3.8) is 0 Å². The van der Waals surface area contributed by atoms with Gasteiger partial charge in [0.15, 0.2) is 0 Å². The van der Waals surface area contributed by atoms with Crippen molar-refractivity contribution >= 4 is 11.6 Å². The summed E-state index contributed by atoms with van der Waals surface area (Å²) in [5.74, 6) is 0.432. The summed E-state index contributed by atoms with van der Waals surface area (Å²) in [7, 11) is 0. The number of aliphatic hydroxyl groups excluding tert-OH is 1. The lowest BCUT2D eigenvalue weighted by Crippen LogP contribution is -2.50. The van der Waals surface area contributed by atoms with E-state index in [0.717, 1.165) is 31.5 Å². The summed E-state index contributed by atoms with van der Waals surface area (Å²) >= 11 is 0. The molecule has 0 radical (unpaired) electrons. The molecule has 4 nitrogen and oxygen atoms in total. The molecule has 0 saturated carbocycles. The van der Waals surface area contributed by atoms with Crippen LogP contribution in [0.25, 0.3) is 0 Å². The third-order valence-electron chi connectivity index (χ3n) is 5.14. The summed E-state index contributed by atoms with van der Waals surface area (Å²) in [6, 6.07) is 8.83. The van der Waals surface area contributed by atoms with Crippen LogP contribution in [0, 0.1) is 5.92 Å². The number of hydrogen-bond acceptors (Lipinski definition) is 3. The molecule has 3 atom stereocenters. The molecule has 4 heteroatoms. The van der Waals surface area contributed by atoms with Crippen LogP contribution < -0.4 is 4.90 Å². The van der Waals surface area contributed by atoms with Gasteiger partial charge in [-0.25, -0.2) is 0 Å². The molecular formula is C16H20N2O2. The second-order valence-corrected chi connectivity index (χ2v) is 6.11. The second kappa shape index (κ2) is 4.57. The van der Waals surface area contributed by atoms with Crippen molar-refractivity contribution in [2.24, 2.45) is 5.92 Å². The minimum Gasteiger partial charge on any atom is -0.395 e. The summed E-state index contributed by atoms with van der Waals surface area (Å²) in [6.45, 7) is 1.88. The van der Waals surface area contributed by atoms with Gasteiger partial charge in [0.05, 0.1) is 18.6 Å². The number of piperidine rings is 1. The number of anilines is 1.